The molecule has 1 aromatic carbocycles. The molecule has 1 aliphatic rings. The average molecular weight is 392 g/mol. The molecule has 3 rings (SSSR count). The molecule has 0 unspecified atom stereocenters. The monoisotopic (exact) mass is 392 g/mol. The summed E-state index contributed by atoms with van der Waals surface area (Å²) in [5.74, 6) is -3.97. The highest BCUT2D eigenvalue weighted by molar-refractivity contribution is 6.00. The molecule has 0 aliphatic carbocycles. The Kier molecular flexibility index (Phi) is 5.35. The fourth-order valence-electron chi connectivity index (χ4n) is 3.10. The van der Waals surface area contributed by atoms with Gasteiger partial charge in [0.2, 0.25) is 0 Å². The van der Waals surface area contributed by atoms with Crippen LogP contribution >= 0.6 is 0 Å². The van der Waals surface area contributed by atoms with Crippen LogP contribution in [0.3, 0.4) is 0 Å². The number of hydrogen-bond acceptors (Lipinski definition) is 5. The SMILES string of the molecule is CCC(F)(F)c1nn2c(c1C(=O)N[C@@H](C)c1ccc(C(=O)OC)cc1)NCC2. The largest absolute Gasteiger partial charge is 0.465 e. The average Bonchev–Trinajstić information content (AvgIpc) is 3.28. The van der Waals surface area contributed by atoms with Gasteiger partial charge in [0.15, 0.2) is 0 Å². The molecule has 0 fully saturated rings. The Morgan fingerprint density at radius 2 is 2.04 bits per heavy atom. The van der Waals surface area contributed by atoms with Crippen molar-refractivity contribution in [3.8, 4) is 0 Å². The van der Waals surface area contributed by atoms with Crippen LogP contribution in [0.25, 0.3) is 0 Å². The number of rotatable bonds is 6. The number of benzene rings is 1. The van der Waals surface area contributed by atoms with Gasteiger partial charge in [-0.15, -0.1) is 0 Å². The third-order valence-corrected chi connectivity index (χ3v) is 4.77. The molecule has 28 heavy (non-hydrogen) atoms. The summed E-state index contributed by atoms with van der Waals surface area (Å²) in [6.45, 7) is 4.05. The second-order valence-corrected chi connectivity index (χ2v) is 6.59. The number of hydrogen-bond donors (Lipinski definition) is 2. The summed E-state index contributed by atoms with van der Waals surface area (Å²) in [6, 6.07) is 6.07. The van der Waals surface area contributed by atoms with Gasteiger partial charge < -0.3 is 15.4 Å². The lowest BCUT2D eigenvalue weighted by atomic mass is 10.0. The van der Waals surface area contributed by atoms with Crippen LogP contribution in [-0.2, 0) is 17.2 Å². The van der Waals surface area contributed by atoms with Gasteiger partial charge in [0.1, 0.15) is 17.1 Å². The number of amides is 1. The van der Waals surface area contributed by atoms with E-state index in [-0.39, 0.29) is 5.56 Å². The maximum absolute atomic E-state index is 14.3. The lowest BCUT2D eigenvalue weighted by Gasteiger charge is -2.17. The summed E-state index contributed by atoms with van der Waals surface area (Å²) in [6.07, 6.45) is -0.450. The van der Waals surface area contributed by atoms with Crippen molar-refractivity contribution in [1.82, 2.24) is 15.1 Å². The fraction of sp³-hybridized carbons (Fsp3) is 0.421. The van der Waals surface area contributed by atoms with E-state index in [1.165, 1.54) is 18.7 Å². The number of ether oxygens (including phenoxy) is 1. The number of esters is 1. The number of anilines is 1. The summed E-state index contributed by atoms with van der Waals surface area (Å²) < 4.78 is 34.8. The zero-order valence-electron chi connectivity index (χ0n) is 15.9. The van der Waals surface area contributed by atoms with Crippen molar-refractivity contribution in [2.24, 2.45) is 0 Å². The third-order valence-electron chi connectivity index (χ3n) is 4.77. The number of nitrogens with zero attached hydrogens (tertiary/aromatic N) is 2. The lowest BCUT2D eigenvalue weighted by Crippen LogP contribution is -2.29. The van der Waals surface area contributed by atoms with E-state index in [2.05, 4.69) is 20.5 Å². The minimum absolute atomic E-state index is 0.123. The summed E-state index contributed by atoms with van der Waals surface area (Å²) in [7, 11) is 1.29. The first-order valence-corrected chi connectivity index (χ1v) is 9.00. The third kappa shape index (κ3) is 3.56. The van der Waals surface area contributed by atoms with Gasteiger partial charge >= 0.3 is 5.97 Å². The molecule has 2 aromatic rings. The first-order valence-electron chi connectivity index (χ1n) is 9.00. The van der Waals surface area contributed by atoms with Gasteiger partial charge in [-0.2, -0.15) is 13.9 Å². The number of halogens is 2. The van der Waals surface area contributed by atoms with Crippen LogP contribution in [0.5, 0.6) is 0 Å². The van der Waals surface area contributed by atoms with E-state index < -0.39 is 36.0 Å². The number of methoxy groups -OCH3 is 1. The molecule has 1 amide bonds. The van der Waals surface area contributed by atoms with Crippen molar-refractivity contribution in [3.05, 3.63) is 46.6 Å². The molecule has 1 atom stereocenters. The first kappa shape index (κ1) is 19.8. The van der Waals surface area contributed by atoms with Gasteiger partial charge in [-0.25, -0.2) is 9.48 Å². The van der Waals surface area contributed by atoms with Crippen LogP contribution < -0.4 is 10.6 Å². The van der Waals surface area contributed by atoms with Gasteiger partial charge in [0, 0.05) is 13.0 Å². The molecule has 2 N–H and O–H groups in total. The number of fused-ring (bicyclic) bond motifs is 1. The Labute approximate surface area is 161 Å². The summed E-state index contributed by atoms with van der Waals surface area (Å²) >= 11 is 0. The van der Waals surface area contributed by atoms with Crippen molar-refractivity contribution in [2.45, 2.75) is 38.8 Å². The quantitative estimate of drug-likeness (QED) is 0.738. The highest BCUT2D eigenvalue weighted by Crippen LogP contribution is 2.37. The van der Waals surface area contributed by atoms with E-state index in [0.29, 0.717) is 24.5 Å². The first-order chi connectivity index (χ1) is 13.3. The molecule has 9 heteroatoms. The van der Waals surface area contributed by atoms with Crippen molar-refractivity contribution in [3.63, 3.8) is 0 Å². The minimum atomic E-state index is -3.20. The smallest absolute Gasteiger partial charge is 0.337 e. The lowest BCUT2D eigenvalue weighted by molar-refractivity contribution is -0.0141. The van der Waals surface area contributed by atoms with Gasteiger partial charge in [0.05, 0.1) is 25.3 Å². The number of carbonyl (C=O) groups is 2. The Hall–Kier alpha value is -2.97. The predicted octanol–water partition coefficient (Wildman–Crippen LogP) is 3.09. The van der Waals surface area contributed by atoms with E-state index in [9.17, 15) is 18.4 Å². The molecular formula is C19H22F2N4O3. The number of alkyl halides is 2. The van der Waals surface area contributed by atoms with Crippen LogP contribution in [0.15, 0.2) is 24.3 Å². The zero-order valence-corrected chi connectivity index (χ0v) is 15.9. The van der Waals surface area contributed by atoms with Crippen LogP contribution in [0.2, 0.25) is 0 Å². The van der Waals surface area contributed by atoms with Crippen LogP contribution in [0.4, 0.5) is 14.6 Å². The summed E-state index contributed by atoms with van der Waals surface area (Å²) in [5, 5.41) is 9.67. The van der Waals surface area contributed by atoms with E-state index in [4.69, 9.17) is 0 Å². The molecule has 0 bridgehead atoms. The molecule has 150 valence electrons. The van der Waals surface area contributed by atoms with Gasteiger partial charge in [-0.1, -0.05) is 19.1 Å². The molecule has 0 spiro atoms. The Balaban J connectivity index is 1.84. The predicted molar refractivity (Wildman–Crippen MR) is 98.6 cm³/mol. The standard InChI is InChI=1S/C19H22F2N4O3/c1-4-19(20,21)15-14(16-22-9-10-25(16)24-15)17(26)23-11(2)12-5-7-13(8-6-12)18(27)28-3/h5-8,11,22H,4,9-10H2,1-3H3,(H,23,26)/t11-/m0/s1. The zero-order chi connectivity index (χ0) is 20.5. The van der Waals surface area contributed by atoms with Crippen LogP contribution in [0, 0.1) is 0 Å². The maximum Gasteiger partial charge on any atom is 0.337 e. The Bertz CT molecular complexity index is 893. The highest BCUT2D eigenvalue weighted by atomic mass is 19.3. The van der Waals surface area contributed by atoms with E-state index >= 15 is 0 Å². The van der Waals surface area contributed by atoms with Crippen molar-refractivity contribution in [1.29, 1.82) is 0 Å². The molecular weight excluding hydrogens is 370 g/mol. The van der Waals surface area contributed by atoms with Gasteiger partial charge in [-0.3, -0.25) is 4.79 Å². The Morgan fingerprint density at radius 1 is 1.36 bits per heavy atom. The molecule has 1 aromatic heterocycles. The molecule has 2 heterocycles. The maximum atomic E-state index is 14.3. The van der Waals surface area contributed by atoms with E-state index in [1.807, 2.05) is 0 Å². The summed E-state index contributed by atoms with van der Waals surface area (Å²) in [5.41, 5.74) is 0.472. The van der Waals surface area contributed by atoms with Crippen LogP contribution in [-0.4, -0.2) is 35.3 Å². The second kappa shape index (κ2) is 7.57. The summed E-state index contributed by atoms with van der Waals surface area (Å²) in [4.78, 5) is 24.4. The molecule has 1 aliphatic heterocycles. The number of carbonyl (C=O) groups excluding carboxylic acids is 2. The van der Waals surface area contributed by atoms with Crippen LogP contribution in [0.1, 0.15) is 58.3 Å². The van der Waals surface area contributed by atoms with Gasteiger partial charge in [0.25, 0.3) is 11.8 Å². The topological polar surface area (TPSA) is 85.2 Å². The van der Waals surface area contributed by atoms with Crippen molar-refractivity contribution in [2.75, 3.05) is 19.0 Å². The second-order valence-electron chi connectivity index (χ2n) is 6.59. The van der Waals surface area contributed by atoms with E-state index in [1.54, 1.807) is 31.2 Å². The highest BCUT2D eigenvalue weighted by Gasteiger charge is 2.41. The normalized spacial score (nSPS) is 14.2. The molecule has 7 nitrogen and oxygen atoms in total. The minimum Gasteiger partial charge on any atom is -0.465 e. The van der Waals surface area contributed by atoms with Crippen molar-refractivity contribution >= 4 is 17.7 Å². The fourth-order valence-corrected chi connectivity index (χ4v) is 3.10. The Morgan fingerprint density at radius 3 is 2.64 bits per heavy atom. The molecule has 0 saturated heterocycles. The number of nitrogens with one attached hydrogen (secondary N) is 2. The van der Waals surface area contributed by atoms with Gasteiger partial charge in [-0.05, 0) is 24.6 Å². The van der Waals surface area contributed by atoms with Crippen molar-refractivity contribution < 1.29 is 23.1 Å². The number of aromatic nitrogens is 2. The molecule has 0 saturated carbocycles. The van der Waals surface area contributed by atoms with E-state index in [0.717, 1.165) is 5.56 Å². The molecule has 0 radical (unpaired) electrons.